The number of carboxylic acids is 1. The molecule has 0 spiro atoms. The Kier molecular flexibility index (Phi) is 4.46. The molecule has 0 aliphatic heterocycles. The number of carbonyl (C=O) groups is 2. The molecule has 0 saturated carbocycles. The zero-order chi connectivity index (χ0) is 12.8. The van der Waals surface area contributed by atoms with E-state index < -0.39 is 11.9 Å². The van der Waals surface area contributed by atoms with Gasteiger partial charge < -0.3 is 9.84 Å². The Labute approximate surface area is 99.5 Å². The number of ether oxygens (including phenoxy) is 1. The van der Waals surface area contributed by atoms with Gasteiger partial charge in [0.1, 0.15) is 6.10 Å². The van der Waals surface area contributed by atoms with E-state index in [1.807, 2.05) is 0 Å². The van der Waals surface area contributed by atoms with Crippen molar-refractivity contribution in [2.75, 3.05) is 0 Å². The zero-order valence-electron chi connectivity index (χ0n) is 9.55. The molecule has 1 N–H and O–H groups in total. The van der Waals surface area contributed by atoms with Crippen LogP contribution in [0.15, 0.2) is 36.9 Å². The summed E-state index contributed by atoms with van der Waals surface area (Å²) >= 11 is 0. The highest BCUT2D eigenvalue weighted by atomic mass is 16.5. The van der Waals surface area contributed by atoms with Crippen molar-refractivity contribution in [2.45, 2.75) is 19.4 Å². The topological polar surface area (TPSA) is 63.6 Å². The van der Waals surface area contributed by atoms with Crippen LogP contribution in [-0.2, 0) is 4.74 Å². The second-order valence-corrected chi connectivity index (χ2v) is 3.59. The van der Waals surface area contributed by atoms with Gasteiger partial charge in [0.05, 0.1) is 11.1 Å². The maximum Gasteiger partial charge on any atom is 0.339 e. The van der Waals surface area contributed by atoms with Crippen LogP contribution in [0.2, 0.25) is 0 Å². The third-order valence-corrected chi connectivity index (χ3v) is 2.18. The van der Waals surface area contributed by atoms with Crippen LogP contribution in [0.1, 0.15) is 34.1 Å². The van der Waals surface area contributed by atoms with Crippen molar-refractivity contribution < 1.29 is 19.4 Å². The molecule has 1 atom stereocenters. The lowest BCUT2D eigenvalue weighted by Gasteiger charge is -2.12. The molecule has 0 aliphatic carbocycles. The lowest BCUT2D eigenvalue weighted by molar-refractivity contribution is 0.0342. The summed E-state index contributed by atoms with van der Waals surface area (Å²) in [6.45, 7) is 5.27. The zero-order valence-corrected chi connectivity index (χ0v) is 9.55. The van der Waals surface area contributed by atoms with Crippen molar-refractivity contribution >= 4 is 11.9 Å². The fourth-order valence-electron chi connectivity index (χ4n) is 1.38. The first kappa shape index (κ1) is 13.0. The molecule has 0 amide bonds. The molecular weight excluding hydrogens is 220 g/mol. The highest BCUT2D eigenvalue weighted by Crippen LogP contribution is 2.12. The fourth-order valence-corrected chi connectivity index (χ4v) is 1.38. The molecule has 0 fully saturated rings. The molecule has 17 heavy (non-hydrogen) atoms. The number of aromatic carboxylic acids is 1. The van der Waals surface area contributed by atoms with Crippen LogP contribution in [0.5, 0.6) is 0 Å². The van der Waals surface area contributed by atoms with E-state index in [9.17, 15) is 9.59 Å². The molecule has 0 aromatic heterocycles. The number of esters is 1. The number of hydrogen-bond acceptors (Lipinski definition) is 3. The van der Waals surface area contributed by atoms with Crippen LogP contribution in [0.4, 0.5) is 0 Å². The molecule has 0 bridgehead atoms. The normalized spacial score (nSPS) is 11.6. The SMILES string of the molecule is C=CCC(C)OC(=O)c1ccccc1C(=O)O. The van der Waals surface area contributed by atoms with Crippen LogP contribution in [0.25, 0.3) is 0 Å². The minimum Gasteiger partial charge on any atom is -0.478 e. The molecule has 1 aromatic carbocycles. The van der Waals surface area contributed by atoms with E-state index in [1.165, 1.54) is 12.1 Å². The van der Waals surface area contributed by atoms with E-state index in [4.69, 9.17) is 9.84 Å². The first-order chi connectivity index (χ1) is 8.06. The second kappa shape index (κ2) is 5.84. The maximum atomic E-state index is 11.7. The lowest BCUT2D eigenvalue weighted by Crippen LogP contribution is -2.17. The van der Waals surface area contributed by atoms with Crippen molar-refractivity contribution in [2.24, 2.45) is 0 Å². The van der Waals surface area contributed by atoms with Gasteiger partial charge in [0.2, 0.25) is 0 Å². The lowest BCUT2D eigenvalue weighted by atomic mass is 10.1. The van der Waals surface area contributed by atoms with Crippen molar-refractivity contribution in [1.82, 2.24) is 0 Å². The van der Waals surface area contributed by atoms with Gasteiger partial charge in [-0.15, -0.1) is 6.58 Å². The summed E-state index contributed by atoms with van der Waals surface area (Å²) in [5.74, 6) is -1.77. The standard InChI is InChI=1S/C13H14O4/c1-3-6-9(2)17-13(16)11-8-5-4-7-10(11)12(14)15/h3-5,7-9H,1,6H2,2H3,(H,14,15). The van der Waals surface area contributed by atoms with Crippen molar-refractivity contribution in [3.63, 3.8) is 0 Å². The van der Waals surface area contributed by atoms with Crippen LogP contribution in [0.3, 0.4) is 0 Å². The van der Waals surface area contributed by atoms with E-state index in [1.54, 1.807) is 25.1 Å². The van der Waals surface area contributed by atoms with E-state index in [-0.39, 0.29) is 17.2 Å². The quantitative estimate of drug-likeness (QED) is 0.628. The third-order valence-electron chi connectivity index (χ3n) is 2.18. The van der Waals surface area contributed by atoms with E-state index in [2.05, 4.69) is 6.58 Å². The van der Waals surface area contributed by atoms with Crippen LogP contribution >= 0.6 is 0 Å². The van der Waals surface area contributed by atoms with Crippen LogP contribution in [0, 0.1) is 0 Å². The number of carbonyl (C=O) groups excluding carboxylic acids is 1. The Hall–Kier alpha value is -2.10. The summed E-state index contributed by atoms with van der Waals surface area (Å²) in [7, 11) is 0. The van der Waals surface area contributed by atoms with Gasteiger partial charge in [-0.1, -0.05) is 18.2 Å². The molecule has 0 heterocycles. The second-order valence-electron chi connectivity index (χ2n) is 3.59. The van der Waals surface area contributed by atoms with Gasteiger partial charge in [-0.25, -0.2) is 9.59 Å². The number of rotatable bonds is 5. The number of hydrogen-bond donors (Lipinski definition) is 1. The third kappa shape index (κ3) is 3.45. The first-order valence-corrected chi connectivity index (χ1v) is 5.20. The molecule has 0 saturated heterocycles. The largest absolute Gasteiger partial charge is 0.478 e. The van der Waals surface area contributed by atoms with Crippen LogP contribution in [-0.4, -0.2) is 23.1 Å². The predicted molar refractivity (Wildman–Crippen MR) is 63.1 cm³/mol. The molecular formula is C13H14O4. The Morgan fingerprint density at radius 3 is 2.53 bits per heavy atom. The minimum absolute atomic E-state index is 0.0525. The molecule has 4 nitrogen and oxygen atoms in total. The van der Waals surface area contributed by atoms with Gasteiger partial charge in [0, 0.05) is 6.42 Å². The van der Waals surface area contributed by atoms with E-state index in [0.29, 0.717) is 6.42 Å². The van der Waals surface area contributed by atoms with Gasteiger partial charge in [0.15, 0.2) is 0 Å². The Balaban J connectivity index is 2.89. The Morgan fingerprint density at radius 1 is 1.41 bits per heavy atom. The van der Waals surface area contributed by atoms with Gasteiger partial charge in [-0.2, -0.15) is 0 Å². The summed E-state index contributed by atoms with van der Waals surface area (Å²) in [5.41, 5.74) is 0.0132. The molecule has 0 radical (unpaired) electrons. The summed E-state index contributed by atoms with van der Waals surface area (Å²) in [5, 5.41) is 8.93. The monoisotopic (exact) mass is 234 g/mol. The fraction of sp³-hybridized carbons (Fsp3) is 0.231. The predicted octanol–water partition coefficient (Wildman–Crippen LogP) is 2.51. The van der Waals surface area contributed by atoms with Gasteiger partial charge in [-0.05, 0) is 19.1 Å². The number of benzene rings is 1. The van der Waals surface area contributed by atoms with Crippen molar-refractivity contribution in [1.29, 1.82) is 0 Å². The summed E-state index contributed by atoms with van der Waals surface area (Å²) in [6, 6.07) is 5.97. The van der Waals surface area contributed by atoms with Gasteiger partial charge >= 0.3 is 11.9 Å². The van der Waals surface area contributed by atoms with E-state index >= 15 is 0 Å². The molecule has 4 heteroatoms. The minimum atomic E-state index is -1.14. The molecule has 90 valence electrons. The first-order valence-electron chi connectivity index (χ1n) is 5.20. The average Bonchev–Trinajstić information content (AvgIpc) is 2.29. The molecule has 1 rings (SSSR count). The van der Waals surface area contributed by atoms with Crippen LogP contribution < -0.4 is 0 Å². The highest BCUT2D eigenvalue weighted by Gasteiger charge is 2.18. The highest BCUT2D eigenvalue weighted by molar-refractivity contribution is 6.02. The molecule has 0 aliphatic rings. The van der Waals surface area contributed by atoms with E-state index in [0.717, 1.165) is 0 Å². The smallest absolute Gasteiger partial charge is 0.339 e. The maximum absolute atomic E-state index is 11.7. The Bertz CT molecular complexity index is 437. The Morgan fingerprint density at radius 2 is 2.00 bits per heavy atom. The summed E-state index contributed by atoms with van der Waals surface area (Å²) in [4.78, 5) is 22.6. The molecule has 1 aromatic rings. The number of carboxylic acid groups (broad SMARTS) is 1. The van der Waals surface area contributed by atoms with Crippen molar-refractivity contribution in [3.8, 4) is 0 Å². The van der Waals surface area contributed by atoms with Crippen molar-refractivity contribution in [3.05, 3.63) is 48.0 Å². The van der Waals surface area contributed by atoms with Gasteiger partial charge in [0.25, 0.3) is 0 Å². The summed E-state index contributed by atoms with van der Waals surface area (Å²) < 4.78 is 5.09. The van der Waals surface area contributed by atoms with Gasteiger partial charge in [-0.3, -0.25) is 0 Å². The summed E-state index contributed by atoms with van der Waals surface area (Å²) in [6.07, 6.45) is 1.85. The average molecular weight is 234 g/mol. The molecule has 1 unspecified atom stereocenters.